The van der Waals surface area contributed by atoms with Crippen LogP contribution in [0.15, 0.2) is 42.9 Å². The smallest absolute Gasteiger partial charge is 0.375 e. The average Bonchev–Trinajstić information content (AvgIpc) is 3.53. The second-order valence-corrected chi connectivity index (χ2v) is 10.7. The molecular formula is C28H25F6N7O2. The Morgan fingerprint density at radius 3 is 2.56 bits per heavy atom. The topological polar surface area (TPSA) is 97.5 Å². The second-order valence-electron chi connectivity index (χ2n) is 10.7. The van der Waals surface area contributed by atoms with Crippen LogP contribution in [-0.4, -0.2) is 68.1 Å². The van der Waals surface area contributed by atoms with Crippen molar-refractivity contribution >= 4 is 23.2 Å². The number of ether oxygens (including phenoxy) is 1. The molecule has 0 saturated carbocycles. The Bertz CT molecular complexity index is 1710. The molecule has 1 N–H and O–H groups in total. The highest BCUT2D eigenvalue weighted by Crippen LogP contribution is 2.47. The predicted molar refractivity (Wildman–Crippen MR) is 142 cm³/mol. The van der Waals surface area contributed by atoms with Gasteiger partial charge >= 0.3 is 12.1 Å². The molecule has 6 rings (SSSR count). The number of hydrogen-bond donors (Lipinski definition) is 1. The molecule has 2 aliphatic heterocycles. The molecule has 0 aliphatic carbocycles. The highest BCUT2D eigenvalue weighted by molar-refractivity contribution is 6.09. The second kappa shape index (κ2) is 10.2. The monoisotopic (exact) mass is 605 g/mol. The largest absolute Gasteiger partial charge is 0.453 e. The third-order valence-electron chi connectivity index (χ3n) is 7.80. The number of aromatic nitrogens is 5. The zero-order valence-corrected chi connectivity index (χ0v) is 22.9. The molecule has 1 unspecified atom stereocenters. The molecule has 0 bridgehead atoms. The molecule has 3 aromatic heterocycles. The summed E-state index contributed by atoms with van der Waals surface area (Å²) in [4.78, 5) is 33.3. The van der Waals surface area contributed by atoms with Crippen LogP contribution in [0.3, 0.4) is 0 Å². The standard InChI is InChI=1S/C28H25F6N7O2/c1-15-13-41(11-12-43-15)24-20-22(39-25(42)26(20,2)16-3-5-17(29)6-4-16)37-21(38-24)19-14-40-10-9-35-23(40)18(36-19)7-8-27(30,31)28(32,33)34/h3-6,9-10,14-15H,7-8,11-13H2,1-2H3,(H,37,38,39,42)/t15-,26?/m0/s1. The van der Waals surface area contributed by atoms with E-state index in [0.717, 1.165) is 0 Å². The van der Waals surface area contributed by atoms with Gasteiger partial charge in [0.25, 0.3) is 0 Å². The summed E-state index contributed by atoms with van der Waals surface area (Å²) >= 11 is 0. The van der Waals surface area contributed by atoms with Gasteiger partial charge in [-0.2, -0.15) is 22.0 Å². The van der Waals surface area contributed by atoms with Gasteiger partial charge in [0.05, 0.1) is 24.0 Å². The SMILES string of the molecule is C[C@H]1CN(c2nc(-c3cn4ccnc4c(CCC(F)(F)C(F)(F)F)n3)nc3c2C(C)(c2ccc(F)cc2)C(=O)N3)CCO1. The molecule has 1 saturated heterocycles. The van der Waals surface area contributed by atoms with Crippen molar-refractivity contribution < 1.29 is 35.9 Å². The number of fused-ring (bicyclic) bond motifs is 2. The summed E-state index contributed by atoms with van der Waals surface area (Å²) in [6, 6.07) is 5.54. The van der Waals surface area contributed by atoms with Crippen LogP contribution in [0.1, 0.15) is 37.1 Å². The Morgan fingerprint density at radius 1 is 1.12 bits per heavy atom. The van der Waals surface area contributed by atoms with Crippen molar-refractivity contribution in [3.05, 3.63) is 65.5 Å². The minimum Gasteiger partial charge on any atom is -0.375 e. The highest BCUT2D eigenvalue weighted by atomic mass is 19.4. The summed E-state index contributed by atoms with van der Waals surface area (Å²) in [5.41, 5.74) is -0.245. The lowest BCUT2D eigenvalue weighted by Gasteiger charge is -2.35. The fourth-order valence-corrected chi connectivity index (χ4v) is 5.45. The van der Waals surface area contributed by atoms with Gasteiger partial charge < -0.3 is 19.4 Å². The van der Waals surface area contributed by atoms with Gasteiger partial charge in [0.2, 0.25) is 5.91 Å². The number of carbonyl (C=O) groups excluding carboxylic acids is 1. The van der Waals surface area contributed by atoms with Crippen LogP contribution in [-0.2, 0) is 21.4 Å². The van der Waals surface area contributed by atoms with E-state index in [2.05, 4.69) is 20.3 Å². The number of rotatable bonds is 6. The molecule has 9 nitrogen and oxygen atoms in total. The maximum Gasteiger partial charge on any atom is 0.453 e. The molecule has 4 aromatic rings. The number of amides is 1. The van der Waals surface area contributed by atoms with Crippen LogP contribution in [0.25, 0.3) is 17.2 Å². The van der Waals surface area contributed by atoms with Gasteiger partial charge in [0.15, 0.2) is 11.5 Å². The van der Waals surface area contributed by atoms with Gasteiger partial charge in [-0.05, 0) is 38.0 Å². The van der Waals surface area contributed by atoms with Crippen molar-refractivity contribution in [2.24, 2.45) is 0 Å². The normalized spacial score (nSPS) is 20.9. The minimum absolute atomic E-state index is 0.0102. The first-order chi connectivity index (χ1) is 20.3. The van der Waals surface area contributed by atoms with Gasteiger partial charge in [-0.15, -0.1) is 0 Å². The van der Waals surface area contributed by atoms with E-state index in [-0.39, 0.29) is 34.8 Å². The van der Waals surface area contributed by atoms with E-state index >= 15 is 0 Å². The molecule has 226 valence electrons. The zero-order valence-electron chi connectivity index (χ0n) is 22.9. The van der Waals surface area contributed by atoms with Crippen molar-refractivity contribution in [1.29, 1.82) is 0 Å². The lowest BCUT2D eigenvalue weighted by atomic mass is 9.77. The minimum atomic E-state index is -5.71. The number of benzene rings is 1. The van der Waals surface area contributed by atoms with E-state index in [9.17, 15) is 31.1 Å². The van der Waals surface area contributed by atoms with Crippen LogP contribution >= 0.6 is 0 Å². The third kappa shape index (κ3) is 4.94. The first-order valence-corrected chi connectivity index (χ1v) is 13.4. The summed E-state index contributed by atoms with van der Waals surface area (Å²) in [5.74, 6) is -5.24. The van der Waals surface area contributed by atoms with E-state index in [0.29, 0.717) is 36.6 Å². The van der Waals surface area contributed by atoms with Crippen LogP contribution in [0.5, 0.6) is 0 Å². The number of nitrogens with zero attached hydrogens (tertiary/aromatic N) is 6. The van der Waals surface area contributed by atoms with Crippen LogP contribution in [0.2, 0.25) is 0 Å². The van der Waals surface area contributed by atoms with E-state index in [1.165, 1.54) is 47.3 Å². The van der Waals surface area contributed by atoms with E-state index < -0.39 is 42.1 Å². The molecular weight excluding hydrogens is 580 g/mol. The highest BCUT2D eigenvalue weighted by Gasteiger charge is 2.56. The lowest BCUT2D eigenvalue weighted by Crippen LogP contribution is -2.43. The lowest BCUT2D eigenvalue weighted by molar-refractivity contribution is -0.284. The third-order valence-corrected chi connectivity index (χ3v) is 7.80. The number of nitrogens with one attached hydrogen (secondary N) is 1. The van der Waals surface area contributed by atoms with E-state index in [1.54, 1.807) is 6.92 Å². The van der Waals surface area contributed by atoms with Gasteiger partial charge in [0.1, 0.15) is 28.6 Å². The molecule has 1 fully saturated rings. The summed E-state index contributed by atoms with van der Waals surface area (Å²) in [5, 5.41) is 2.80. The molecule has 0 spiro atoms. The summed E-state index contributed by atoms with van der Waals surface area (Å²) in [7, 11) is 0. The van der Waals surface area contributed by atoms with Crippen molar-refractivity contribution in [2.75, 3.05) is 29.9 Å². The number of aryl methyl sites for hydroxylation is 1. The first-order valence-electron chi connectivity index (χ1n) is 13.4. The van der Waals surface area contributed by atoms with Gasteiger partial charge in [-0.1, -0.05) is 12.1 Å². The summed E-state index contributed by atoms with van der Waals surface area (Å²) in [6.45, 7) is 4.79. The number of morpholine rings is 1. The van der Waals surface area contributed by atoms with Crippen LogP contribution in [0.4, 0.5) is 38.0 Å². The van der Waals surface area contributed by atoms with Gasteiger partial charge in [0, 0.05) is 38.1 Å². The first kappa shape index (κ1) is 28.8. The predicted octanol–water partition coefficient (Wildman–Crippen LogP) is 4.94. The zero-order chi connectivity index (χ0) is 30.7. The molecule has 15 heteroatoms. The average molecular weight is 606 g/mol. The number of carbonyl (C=O) groups is 1. The fraction of sp³-hybridized carbons (Fsp3) is 0.393. The number of anilines is 2. The summed E-state index contributed by atoms with van der Waals surface area (Å²) < 4.78 is 87.1. The van der Waals surface area contributed by atoms with E-state index in [4.69, 9.17) is 9.72 Å². The number of halogens is 6. The Balaban J connectivity index is 1.49. The van der Waals surface area contributed by atoms with Crippen molar-refractivity contribution in [1.82, 2.24) is 24.3 Å². The van der Waals surface area contributed by atoms with Gasteiger partial charge in [-0.3, -0.25) is 4.79 Å². The Hall–Kier alpha value is -4.27. The van der Waals surface area contributed by atoms with Crippen LogP contribution in [0, 0.1) is 5.82 Å². The van der Waals surface area contributed by atoms with Crippen LogP contribution < -0.4 is 10.2 Å². The van der Waals surface area contributed by atoms with Crippen molar-refractivity contribution in [2.45, 2.75) is 50.3 Å². The Labute approximate surface area is 240 Å². The molecule has 2 aliphatic rings. The maximum absolute atomic E-state index is 13.8. The van der Waals surface area contributed by atoms with Crippen molar-refractivity contribution in [3.63, 3.8) is 0 Å². The quantitative estimate of drug-likeness (QED) is 0.311. The molecule has 0 radical (unpaired) electrons. The molecule has 5 heterocycles. The Morgan fingerprint density at radius 2 is 1.86 bits per heavy atom. The number of imidazole rings is 1. The molecule has 1 aromatic carbocycles. The fourth-order valence-electron chi connectivity index (χ4n) is 5.45. The molecule has 43 heavy (non-hydrogen) atoms. The summed E-state index contributed by atoms with van der Waals surface area (Å²) in [6.07, 6.45) is -3.78. The number of alkyl halides is 5. The maximum atomic E-state index is 13.8. The molecule has 1 amide bonds. The Kier molecular flexibility index (Phi) is 6.82. The van der Waals surface area contributed by atoms with E-state index in [1.807, 2.05) is 11.8 Å². The molecule has 2 atom stereocenters. The van der Waals surface area contributed by atoms with Gasteiger partial charge in [-0.25, -0.2) is 24.3 Å². The van der Waals surface area contributed by atoms with Crippen molar-refractivity contribution in [3.8, 4) is 11.5 Å². The number of hydrogen-bond acceptors (Lipinski definition) is 7.